The maximum Gasteiger partial charge on any atom is 0.217 e. The van der Waals surface area contributed by atoms with Gasteiger partial charge in [0.2, 0.25) is 10.0 Å². The summed E-state index contributed by atoms with van der Waals surface area (Å²) in [5.74, 6) is 1.43. The van der Waals surface area contributed by atoms with Crippen molar-refractivity contribution < 1.29 is 8.42 Å². The Labute approximate surface area is 150 Å². The summed E-state index contributed by atoms with van der Waals surface area (Å²) in [6.45, 7) is 11.9. The molecule has 0 aromatic carbocycles. The number of likely N-dealkylation sites (tertiary alicyclic amines) is 1. The van der Waals surface area contributed by atoms with Gasteiger partial charge in [-0.1, -0.05) is 72.6 Å². The molecule has 1 fully saturated rings. The Morgan fingerprint density at radius 1 is 0.875 bits per heavy atom. The zero-order valence-corrected chi connectivity index (χ0v) is 17.2. The fourth-order valence-electron chi connectivity index (χ4n) is 3.28. The van der Waals surface area contributed by atoms with E-state index in [4.69, 9.17) is 0 Å². The molecule has 0 atom stereocenters. The van der Waals surface area contributed by atoms with E-state index in [0.717, 1.165) is 25.3 Å². The van der Waals surface area contributed by atoms with E-state index in [9.17, 15) is 8.42 Å². The van der Waals surface area contributed by atoms with Crippen molar-refractivity contribution in [1.29, 1.82) is 0 Å². The van der Waals surface area contributed by atoms with E-state index in [-0.39, 0.29) is 5.25 Å². The molecular formula is C19H40N2O2S. The first-order valence-corrected chi connectivity index (χ1v) is 11.6. The molecule has 1 rings (SSSR count). The summed E-state index contributed by atoms with van der Waals surface area (Å²) in [4.78, 5) is 2.23. The standard InChI is InChI=1S/C19H40N2O2S/c1-17(2)12-10-8-6-5-7-9-11-13-20-24(22,23)19-15-21(16-19)14-18(3)4/h17-20H,5-16H2,1-4H3. The van der Waals surface area contributed by atoms with Crippen molar-refractivity contribution in [3.05, 3.63) is 0 Å². The third kappa shape index (κ3) is 9.38. The van der Waals surface area contributed by atoms with E-state index >= 15 is 0 Å². The topological polar surface area (TPSA) is 49.4 Å². The van der Waals surface area contributed by atoms with Crippen LogP contribution in [0.1, 0.15) is 79.1 Å². The number of nitrogens with zero attached hydrogens (tertiary/aromatic N) is 1. The highest BCUT2D eigenvalue weighted by molar-refractivity contribution is 7.90. The normalized spacial score (nSPS) is 16.9. The molecule has 0 radical (unpaired) electrons. The van der Waals surface area contributed by atoms with Crippen LogP contribution in [0.3, 0.4) is 0 Å². The van der Waals surface area contributed by atoms with Crippen LogP contribution in [0.4, 0.5) is 0 Å². The fourth-order valence-corrected chi connectivity index (χ4v) is 4.76. The first kappa shape index (κ1) is 21.9. The third-order valence-electron chi connectivity index (χ3n) is 4.75. The van der Waals surface area contributed by atoms with Crippen molar-refractivity contribution in [1.82, 2.24) is 9.62 Å². The molecule has 144 valence electrons. The molecule has 1 heterocycles. The molecule has 1 N–H and O–H groups in total. The number of sulfonamides is 1. The molecule has 4 nitrogen and oxygen atoms in total. The maximum atomic E-state index is 12.2. The molecule has 0 aromatic heterocycles. The van der Waals surface area contributed by atoms with Crippen molar-refractivity contribution in [2.45, 2.75) is 84.3 Å². The van der Waals surface area contributed by atoms with Gasteiger partial charge in [-0.3, -0.25) is 0 Å². The lowest BCUT2D eigenvalue weighted by Gasteiger charge is -2.39. The van der Waals surface area contributed by atoms with Crippen LogP contribution in [-0.2, 0) is 10.0 Å². The van der Waals surface area contributed by atoms with Crippen LogP contribution in [0.2, 0.25) is 0 Å². The van der Waals surface area contributed by atoms with E-state index in [1.54, 1.807) is 0 Å². The maximum absolute atomic E-state index is 12.2. The molecule has 0 aromatic rings. The second kappa shape index (κ2) is 11.5. The number of rotatable bonds is 14. The van der Waals surface area contributed by atoms with Crippen LogP contribution < -0.4 is 4.72 Å². The molecule has 1 saturated heterocycles. The predicted molar refractivity (Wildman–Crippen MR) is 104 cm³/mol. The van der Waals surface area contributed by atoms with Crippen LogP contribution in [0.15, 0.2) is 0 Å². The van der Waals surface area contributed by atoms with Crippen molar-refractivity contribution in [3.63, 3.8) is 0 Å². The molecular weight excluding hydrogens is 320 g/mol. The minimum absolute atomic E-state index is 0.197. The van der Waals surface area contributed by atoms with Gasteiger partial charge in [-0.25, -0.2) is 13.1 Å². The highest BCUT2D eigenvalue weighted by Crippen LogP contribution is 2.17. The van der Waals surface area contributed by atoms with Crippen LogP contribution in [-0.4, -0.2) is 44.7 Å². The lowest BCUT2D eigenvalue weighted by molar-refractivity contribution is 0.164. The summed E-state index contributed by atoms with van der Waals surface area (Å²) >= 11 is 0. The van der Waals surface area contributed by atoms with E-state index in [1.807, 2.05) is 0 Å². The Hall–Kier alpha value is -0.130. The van der Waals surface area contributed by atoms with Gasteiger partial charge in [-0.15, -0.1) is 0 Å². The van der Waals surface area contributed by atoms with Gasteiger partial charge >= 0.3 is 0 Å². The number of hydrogen-bond acceptors (Lipinski definition) is 3. The molecule has 0 amide bonds. The van der Waals surface area contributed by atoms with Gasteiger partial charge in [0.25, 0.3) is 0 Å². The predicted octanol–water partition coefficient (Wildman–Crippen LogP) is 4.02. The summed E-state index contributed by atoms with van der Waals surface area (Å²) in [6.07, 6.45) is 9.99. The Balaban J connectivity index is 1.95. The first-order valence-electron chi connectivity index (χ1n) is 10.0. The van der Waals surface area contributed by atoms with E-state index in [2.05, 4.69) is 37.3 Å². The van der Waals surface area contributed by atoms with E-state index < -0.39 is 10.0 Å². The molecule has 0 spiro atoms. The average Bonchev–Trinajstić information content (AvgIpc) is 2.43. The Morgan fingerprint density at radius 3 is 1.96 bits per heavy atom. The van der Waals surface area contributed by atoms with Gasteiger partial charge in [0.15, 0.2) is 0 Å². The minimum Gasteiger partial charge on any atom is -0.300 e. The Kier molecular flexibility index (Phi) is 10.5. The van der Waals surface area contributed by atoms with E-state index in [1.165, 1.54) is 38.5 Å². The molecule has 0 aliphatic carbocycles. The second-order valence-electron chi connectivity index (χ2n) is 8.33. The van der Waals surface area contributed by atoms with Crippen molar-refractivity contribution in [2.75, 3.05) is 26.2 Å². The lowest BCUT2D eigenvalue weighted by Crippen LogP contribution is -2.58. The van der Waals surface area contributed by atoms with Gasteiger partial charge in [0, 0.05) is 26.2 Å². The monoisotopic (exact) mass is 360 g/mol. The second-order valence-corrected chi connectivity index (χ2v) is 10.4. The Morgan fingerprint density at radius 2 is 1.42 bits per heavy atom. The minimum atomic E-state index is -3.10. The molecule has 0 bridgehead atoms. The van der Waals surface area contributed by atoms with Crippen molar-refractivity contribution >= 4 is 10.0 Å². The molecule has 5 heteroatoms. The number of unbranched alkanes of at least 4 members (excludes halogenated alkanes) is 6. The average molecular weight is 361 g/mol. The van der Waals surface area contributed by atoms with Crippen LogP contribution in [0.5, 0.6) is 0 Å². The van der Waals surface area contributed by atoms with Gasteiger partial charge in [0.1, 0.15) is 5.25 Å². The smallest absolute Gasteiger partial charge is 0.217 e. The first-order chi connectivity index (χ1) is 11.3. The lowest BCUT2D eigenvalue weighted by atomic mass is 10.0. The number of nitrogens with one attached hydrogen (secondary N) is 1. The van der Waals surface area contributed by atoms with Gasteiger partial charge in [0.05, 0.1) is 0 Å². The Bertz CT molecular complexity index is 415. The summed E-state index contributed by atoms with van der Waals surface area (Å²) in [5, 5.41) is -0.197. The summed E-state index contributed by atoms with van der Waals surface area (Å²) < 4.78 is 27.1. The van der Waals surface area contributed by atoms with Crippen LogP contribution in [0, 0.1) is 11.8 Å². The van der Waals surface area contributed by atoms with Crippen molar-refractivity contribution in [2.24, 2.45) is 11.8 Å². The SMILES string of the molecule is CC(C)CCCCCCCCCNS(=O)(=O)C1CN(CC(C)C)C1. The van der Waals surface area contributed by atoms with Gasteiger partial charge in [-0.2, -0.15) is 0 Å². The molecule has 0 unspecified atom stereocenters. The highest BCUT2D eigenvalue weighted by Gasteiger charge is 2.36. The summed E-state index contributed by atoms with van der Waals surface area (Å²) in [6, 6.07) is 0. The zero-order valence-electron chi connectivity index (χ0n) is 16.4. The van der Waals surface area contributed by atoms with Crippen molar-refractivity contribution in [3.8, 4) is 0 Å². The van der Waals surface area contributed by atoms with Crippen LogP contribution >= 0.6 is 0 Å². The number of hydrogen-bond donors (Lipinski definition) is 1. The largest absolute Gasteiger partial charge is 0.300 e. The zero-order chi connectivity index (χ0) is 18.0. The van der Waals surface area contributed by atoms with Gasteiger partial charge in [-0.05, 0) is 18.3 Å². The van der Waals surface area contributed by atoms with E-state index in [0.29, 0.717) is 25.6 Å². The molecule has 24 heavy (non-hydrogen) atoms. The summed E-state index contributed by atoms with van der Waals surface area (Å²) in [7, 11) is -3.10. The van der Waals surface area contributed by atoms with Gasteiger partial charge < -0.3 is 4.90 Å². The quantitative estimate of drug-likeness (QED) is 0.476. The molecule has 1 aliphatic rings. The van der Waals surface area contributed by atoms with Crippen LogP contribution in [0.25, 0.3) is 0 Å². The third-order valence-corrected chi connectivity index (χ3v) is 6.53. The highest BCUT2D eigenvalue weighted by atomic mass is 32.2. The molecule has 0 saturated carbocycles. The fraction of sp³-hybridized carbons (Fsp3) is 1.00. The molecule has 1 aliphatic heterocycles. The summed E-state index contributed by atoms with van der Waals surface area (Å²) in [5.41, 5.74) is 0.